The van der Waals surface area contributed by atoms with Crippen LogP contribution in [-0.4, -0.2) is 33.0 Å². The Morgan fingerprint density at radius 2 is 1.65 bits per heavy atom. The summed E-state index contributed by atoms with van der Waals surface area (Å²) >= 11 is 0. The van der Waals surface area contributed by atoms with Crippen LogP contribution in [0.1, 0.15) is 23.7 Å². The molecule has 1 rings (SSSR count). The van der Waals surface area contributed by atoms with E-state index in [1.54, 1.807) is 12.1 Å². The van der Waals surface area contributed by atoms with Crippen LogP contribution < -0.4 is 0 Å². The van der Waals surface area contributed by atoms with Crippen molar-refractivity contribution in [2.45, 2.75) is 13.3 Å². The van der Waals surface area contributed by atoms with E-state index in [9.17, 15) is 14.4 Å². The number of aromatic carboxylic acids is 1. The molecule has 1 aromatic carbocycles. The molecular formula is C11H12O6. The molecule has 3 N–H and O–H groups in total. The monoisotopic (exact) mass is 240 g/mol. The molecule has 0 spiro atoms. The number of rotatable bonds is 3. The van der Waals surface area contributed by atoms with Gasteiger partial charge in [-0.25, -0.2) is 4.79 Å². The summed E-state index contributed by atoms with van der Waals surface area (Å²) in [7, 11) is 0. The summed E-state index contributed by atoms with van der Waals surface area (Å²) in [6.07, 6.45) is -0.361. The summed E-state index contributed by atoms with van der Waals surface area (Å²) < 4.78 is 0. The molecule has 0 amide bonds. The van der Waals surface area contributed by atoms with E-state index in [2.05, 4.69) is 0 Å². The Kier molecular flexibility index (Phi) is 6.02. The highest BCUT2D eigenvalue weighted by Crippen LogP contribution is 2.14. The minimum Gasteiger partial charge on any atom is -0.507 e. The number of phenols is 1. The van der Waals surface area contributed by atoms with Crippen LogP contribution >= 0.6 is 0 Å². The van der Waals surface area contributed by atoms with E-state index in [1.165, 1.54) is 19.1 Å². The normalized spacial score (nSPS) is 8.76. The molecule has 0 bridgehead atoms. The number of hydrogen-bond acceptors (Lipinski definition) is 4. The van der Waals surface area contributed by atoms with E-state index in [4.69, 9.17) is 15.3 Å². The van der Waals surface area contributed by atoms with Gasteiger partial charge in [-0.05, 0) is 19.1 Å². The van der Waals surface area contributed by atoms with E-state index in [0.29, 0.717) is 0 Å². The Bertz CT molecular complexity index is 412. The van der Waals surface area contributed by atoms with Gasteiger partial charge in [-0.3, -0.25) is 9.59 Å². The number of ketones is 1. The highest BCUT2D eigenvalue weighted by Gasteiger charge is 2.05. The third kappa shape index (κ3) is 6.67. The van der Waals surface area contributed by atoms with Crippen molar-refractivity contribution >= 4 is 17.7 Å². The van der Waals surface area contributed by atoms with Crippen molar-refractivity contribution < 1.29 is 29.7 Å². The van der Waals surface area contributed by atoms with Crippen LogP contribution in [0.5, 0.6) is 5.75 Å². The van der Waals surface area contributed by atoms with Gasteiger partial charge in [0, 0.05) is 0 Å². The summed E-state index contributed by atoms with van der Waals surface area (Å²) in [5.41, 5.74) is -0.0671. The second kappa shape index (κ2) is 7.00. The lowest BCUT2D eigenvalue weighted by Crippen LogP contribution is -2.00. The first kappa shape index (κ1) is 14.6. The first-order valence-electron chi connectivity index (χ1n) is 4.57. The lowest BCUT2D eigenvalue weighted by atomic mass is 10.2. The van der Waals surface area contributed by atoms with Crippen molar-refractivity contribution in [2.24, 2.45) is 0 Å². The smallest absolute Gasteiger partial charge is 0.339 e. The molecule has 0 aliphatic heterocycles. The van der Waals surface area contributed by atoms with E-state index in [-0.39, 0.29) is 23.5 Å². The van der Waals surface area contributed by atoms with Crippen molar-refractivity contribution in [1.29, 1.82) is 0 Å². The van der Waals surface area contributed by atoms with Crippen LogP contribution in [-0.2, 0) is 9.59 Å². The van der Waals surface area contributed by atoms with Crippen LogP contribution in [0.2, 0.25) is 0 Å². The van der Waals surface area contributed by atoms with Gasteiger partial charge in [-0.1, -0.05) is 12.1 Å². The zero-order valence-corrected chi connectivity index (χ0v) is 9.08. The number of carbonyl (C=O) groups is 3. The Morgan fingerprint density at radius 3 is 1.88 bits per heavy atom. The van der Waals surface area contributed by atoms with E-state index in [0.717, 1.165) is 0 Å². The van der Waals surface area contributed by atoms with Gasteiger partial charge < -0.3 is 15.3 Å². The van der Waals surface area contributed by atoms with E-state index in [1.807, 2.05) is 0 Å². The van der Waals surface area contributed by atoms with E-state index >= 15 is 0 Å². The Hall–Kier alpha value is -2.37. The maximum atomic E-state index is 10.3. The number of aromatic hydroxyl groups is 1. The zero-order chi connectivity index (χ0) is 13.4. The average molecular weight is 240 g/mol. The predicted octanol–water partition coefficient (Wildman–Crippen LogP) is 1.14. The number of hydrogen-bond donors (Lipinski definition) is 3. The molecule has 6 nitrogen and oxygen atoms in total. The predicted molar refractivity (Wildman–Crippen MR) is 58.0 cm³/mol. The fourth-order valence-electron chi connectivity index (χ4n) is 0.867. The number of carboxylic acid groups (broad SMARTS) is 2. The van der Waals surface area contributed by atoms with Gasteiger partial charge >= 0.3 is 11.9 Å². The molecular weight excluding hydrogens is 228 g/mol. The summed E-state index contributed by atoms with van der Waals surface area (Å²) in [6, 6.07) is 5.81. The van der Waals surface area contributed by atoms with Crippen LogP contribution in [0.3, 0.4) is 0 Å². The lowest BCUT2D eigenvalue weighted by molar-refractivity contribution is -0.139. The van der Waals surface area contributed by atoms with Crippen LogP contribution in [0.4, 0.5) is 0 Å². The Morgan fingerprint density at radius 1 is 1.12 bits per heavy atom. The fraction of sp³-hybridized carbons (Fsp3) is 0.182. The average Bonchev–Trinajstić information content (AvgIpc) is 2.16. The third-order valence-corrected chi connectivity index (χ3v) is 1.53. The number of benzene rings is 1. The molecule has 0 aromatic heterocycles. The minimum atomic E-state index is -1.11. The summed E-state index contributed by atoms with van der Waals surface area (Å²) in [5.74, 6) is -2.69. The lowest BCUT2D eigenvalue weighted by Gasteiger charge is -1.95. The number of Topliss-reactive ketones (excluding diaryl/α,β-unsaturated/α-hetero) is 1. The van der Waals surface area contributed by atoms with Gasteiger partial charge in [-0.15, -0.1) is 0 Å². The van der Waals surface area contributed by atoms with Gasteiger partial charge in [0.1, 0.15) is 23.5 Å². The molecule has 0 aliphatic rings. The molecule has 0 fully saturated rings. The maximum Gasteiger partial charge on any atom is 0.339 e. The van der Waals surface area contributed by atoms with Gasteiger partial charge in [-0.2, -0.15) is 0 Å². The number of para-hydroxylation sites is 1. The molecule has 0 saturated carbocycles. The Labute approximate surface area is 97.1 Å². The fourth-order valence-corrected chi connectivity index (χ4v) is 0.867. The van der Waals surface area contributed by atoms with Crippen LogP contribution in [0.15, 0.2) is 24.3 Å². The molecule has 92 valence electrons. The van der Waals surface area contributed by atoms with Crippen molar-refractivity contribution in [1.82, 2.24) is 0 Å². The first-order chi connectivity index (χ1) is 7.84. The van der Waals surface area contributed by atoms with Gasteiger partial charge in [0.15, 0.2) is 0 Å². The maximum absolute atomic E-state index is 10.3. The highest BCUT2D eigenvalue weighted by molar-refractivity contribution is 5.93. The topological polar surface area (TPSA) is 112 Å². The zero-order valence-electron chi connectivity index (χ0n) is 9.08. The molecule has 0 unspecified atom stereocenters. The molecule has 1 aromatic rings. The van der Waals surface area contributed by atoms with Crippen molar-refractivity contribution in [2.75, 3.05) is 0 Å². The summed E-state index contributed by atoms with van der Waals surface area (Å²) in [4.78, 5) is 29.7. The van der Waals surface area contributed by atoms with E-state index < -0.39 is 11.9 Å². The SMILES string of the molecule is CC(=O)CC(=O)O.O=C(O)c1ccccc1O. The van der Waals surface area contributed by atoms with Crippen molar-refractivity contribution in [3.05, 3.63) is 29.8 Å². The summed E-state index contributed by atoms with van der Waals surface area (Å²) in [6.45, 7) is 1.24. The standard InChI is InChI=1S/C7H6O3.C4H6O3/c8-6-4-2-1-3-5(6)7(9)10;1-3(5)2-4(6)7/h1-4,8H,(H,9,10);2H2,1H3,(H,6,7). The number of carbonyl (C=O) groups excluding carboxylic acids is 1. The minimum absolute atomic E-state index is 0.0671. The second-order valence-corrected chi connectivity index (χ2v) is 3.09. The molecule has 0 radical (unpaired) electrons. The largest absolute Gasteiger partial charge is 0.507 e. The van der Waals surface area contributed by atoms with Gasteiger partial charge in [0.05, 0.1) is 0 Å². The highest BCUT2D eigenvalue weighted by atomic mass is 16.4. The third-order valence-electron chi connectivity index (χ3n) is 1.53. The molecule has 0 atom stereocenters. The molecule has 17 heavy (non-hydrogen) atoms. The van der Waals surface area contributed by atoms with Gasteiger partial charge in [0.25, 0.3) is 0 Å². The van der Waals surface area contributed by atoms with Crippen molar-refractivity contribution in [3.63, 3.8) is 0 Å². The molecule has 0 heterocycles. The first-order valence-corrected chi connectivity index (χ1v) is 4.57. The van der Waals surface area contributed by atoms with Crippen LogP contribution in [0.25, 0.3) is 0 Å². The quantitative estimate of drug-likeness (QED) is 0.683. The summed E-state index contributed by atoms with van der Waals surface area (Å²) in [5, 5.41) is 25.2. The van der Waals surface area contributed by atoms with Crippen molar-refractivity contribution in [3.8, 4) is 5.75 Å². The molecule has 6 heteroatoms. The second-order valence-electron chi connectivity index (χ2n) is 3.09. The molecule has 0 aliphatic carbocycles. The number of carboxylic acids is 2. The number of aliphatic carboxylic acids is 1. The van der Waals surface area contributed by atoms with Crippen LogP contribution in [0, 0.1) is 0 Å². The Balaban J connectivity index is 0.000000325. The van der Waals surface area contributed by atoms with Gasteiger partial charge in [0.2, 0.25) is 0 Å². The molecule has 0 saturated heterocycles.